The first-order valence-electron chi connectivity index (χ1n) is 6.42. The van der Waals surface area contributed by atoms with Gasteiger partial charge in [-0.05, 0) is 31.5 Å². The van der Waals surface area contributed by atoms with Crippen LogP contribution in [0, 0.1) is 11.6 Å². The predicted octanol–water partition coefficient (Wildman–Crippen LogP) is 2.79. The fraction of sp³-hybridized carbons (Fsp3) is 0.500. The van der Waals surface area contributed by atoms with Gasteiger partial charge in [-0.3, -0.25) is 4.79 Å². The molecule has 106 valence electrons. The van der Waals surface area contributed by atoms with Crippen molar-refractivity contribution in [2.24, 2.45) is 0 Å². The number of halogens is 2. The molecule has 1 atom stereocenters. The minimum absolute atomic E-state index is 0.0904. The molecule has 0 aliphatic heterocycles. The van der Waals surface area contributed by atoms with Crippen molar-refractivity contribution in [1.29, 1.82) is 0 Å². The molecule has 1 unspecified atom stereocenters. The van der Waals surface area contributed by atoms with Crippen molar-refractivity contribution in [3.63, 3.8) is 0 Å². The highest BCUT2D eigenvalue weighted by molar-refractivity contribution is 5.75. The smallest absolute Gasteiger partial charge is 0.323 e. The first-order valence-corrected chi connectivity index (χ1v) is 6.42. The number of ether oxygens (including phenoxy) is 1. The minimum atomic E-state index is -0.499. The molecule has 0 amide bonds. The first kappa shape index (κ1) is 15.6. The van der Waals surface area contributed by atoms with Crippen LogP contribution in [0.25, 0.3) is 0 Å². The summed E-state index contributed by atoms with van der Waals surface area (Å²) in [5.74, 6) is -1.35. The summed E-state index contributed by atoms with van der Waals surface area (Å²) in [6.07, 6.45) is 1.39. The zero-order chi connectivity index (χ0) is 14.3. The molecule has 0 spiro atoms. The Morgan fingerprint density at radius 2 is 2.11 bits per heavy atom. The van der Waals surface area contributed by atoms with Gasteiger partial charge in [-0.1, -0.05) is 13.3 Å². The van der Waals surface area contributed by atoms with Crippen molar-refractivity contribution in [3.8, 4) is 0 Å². The van der Waals surface area contributed by atoms with Crippen LogP contribution in [0.4, 0.5) is 8.78 Å². The van der Waals surface area contributed by atoms with Gasteiger partial charge in [0.2, 0.25) is 0 Å². The van der Waals surface area contributed by atoms with Gasteiger partial charge >= 0.3 is 5.97 Å². The molecule has 19 heavy (non-hydrogen) atoms. The van der Waals surface area contributed by atoms with Gasteiger partial charge in [0.15, 0.2) is 0 Å². The van der Waals surface area contributed by atoms with Crippen molar-refractivity contribution >= 4 is 5.97 Å². The summed E-state index contributed by atoms with van der Waals surface area (Å²) >= 11 is 0. The third-order valence-corrected chi connectivity index (χ3v) is 2.70. The Kier molecular flexibility index (Phi) is 6.42. The number of nitrogens with one attached hydrogen (secondary N) is 1. The average molecular weight is 271 g/mol. The second-order valence-corrected chi connectivity index (χ2v) is 4.21. The normalized spacial score (nSPS) is 12.2. The van der Waals surface area contributed by atoms with E-state index in [1.165, 1.54) is 0 Å². The number of hydrogen-bond acceptors (Lipinski definition) is 3. The van der Waals surface area contributed by atoms with Gasteiger partial charge in [0, 0.05) is 12.1 Å². The van der Waals surface area contributed by atoms with E-state index in [0.29, 0.717) is 13.0 Å². The van der Waals surface area contributed by atoms with E-state index in [2.05, 4.69) is 5.32 Å². The molecule has 0 aliphatic carbocycles. The molecule has 3 nitrogen and oxygen atoms in total. The van der Waals surface area contributed by atoms with Crippen LogP contribution in [-0.4, -0.2) is 18.6 Å². The highest BCUT2D eigenvalue weighted by Gasteiger charge is 2.18. The predicted molar refractivity (Wildman–Crippen MR) is 68.5 cm³/mol. The SMILES string of the molecule is CCCC(NCc1cc(F)ccc1F)C(=O)OCC. The molecule has 1 aromatic rings. The fourth-order valence-corrected chi connectivity index (χ4v) is 1.75. The van der Waals surface area contributed by atoms with Crippen molar-refractivity contribution in [3.05, 3.63) is 35.4 Å². The second kappa shape index (κ2) is 7.84. The molecule has 0 fully saturated rings. The summed E-state index contributed by atoms with van der Waals surface area (Å²) in [5.41, 5.74) is 0.199. The molecule has 0 radical (unpaired) electrons. The van der Waals surface area contributed by atoms with Gasteiger partial charge in [-0.15, -0.1) is 0 Å². The Balaban J connectivity index is 2.65. The van der Waals surface area contributed by atoms with Crippen LogP contribution in [0.5, 0.6) is 0 Å². The second-order valence-electron chi connectivity index (χ2n) is 4.21. The molecule has 0 aliphatic rings. The van der Waals surface area contributed by atoms with Gasteiger partial charge < -0.3 is 10.1 Å². The van der Waals surface area contributed by atoms with Crippen LogP contribution < -0.4 is 5.32 Å². The van der Waals surface area contributed by atoms with E-state index in [-0.39, 0.29) is 18.1 Å². The molecule has 0 saturated carbocycles. The van der Waals surface area contributed by atoms with E-state index in [1.54, 1.807) is 6.92 Å². The maximum absolute atomic E-state index is 13.4. The third-order valence-electron chi connectivity index (χ3n) is 2.70. The molecule has 0 bridgehead atoms. The number of benzene rings is 1. The van der Waals surface area contributed by atoms with Crippen LogP contribution in [-0.2, 0) is 16.1 Å². The zero-order valence-corrected chi connectivity index (χ0v) is 11.2. The minimum Gasteiger partial charge on any atom is -0.465 e. The van der Waals surface area contributed by atoms with Crippen molar-refractivity contribution < 1.29 is 18.3 Å². The van der Waals surface area contributed by atoms with Crippen molar-refractivity contribution in [1.82, 2.24) is 5.32 Å². The number of hydrogen-bond donors (Lipinski definition) is 1. The molecular weight excluding hydrogens is 252 g/mol. The summed E-state index contributed by atoms with van der Waals surface area (Å²) in [4.78, 5) is 11.7. The van der Waals surface area contributed by atoms with Crippen LogP contribution in [0.1, 0.15) is 32.3 Å². The summed E-state index contributed by atoms with van der Waals surface area (Å²) in [6, 6.07) is 2.77. The van der Waals surface area contributed by atoms with Crippen LogP contribution in [0.15, 0.2) is 18.2 Å². The van der Waals surface area contributed by atoms with E-state index in [4.69, 9.17) is 4.74 Å². The third kappa shape index (κ3) is 4.95. The highest BCUT2D eigenvalue weighted by atomic mass is 19.1. The summed E-state index contributed by atoms with van der Waals surface area (Å²) in [7, 11) is 0. The number of carbonyl (C=O) groups is 1. The topological polar surface area (TPSA) is 38.3 Å². The van der Waals surface area contributed by atoms with Gasteiger partial charge in [0.05, 0.1) is 6.61 Å². The molecule has 1 N–H and O–H groups in total. The van der Waals surface area contributed by atoms with Crippen molar-refractivity contribution in [2.45, 2.75) is 39.3 Å². The molecule has 0 aromatic heterocycles. The lowest BCUT2D eigenvalue weighted by Gasteiger charge is -2.16. The maximum atomic E-state index is 13.4. The number of carbonyl (C=O) groups excluding carboxylic acids is 1. The lowest BCUT2D eigenvalue weighted by molar-refractivity contribution is -0.145. The Hall–Kier alpha value is -1.49. The van der Waals surface area contributed by atoms with Gasteiger partial charge in [0.25, 0.3) is 0 Å². The van der Waals surface area contributed by atoms with E-state index in [9.17, 15) is 13.6 Å². The van der Waals surface area contributed by atoms with Gasteiger partial charge in [-0.25, -0.2) is 8.78 Å². The van der Waals surface area contributed by atoms with E-state index < -0.39 is 17.7 Å². The monoisotopic (exact) mass is 271 g/mol. The number of rotatable bonds is 7. The Bertz CT molecular complexity index is 424. The summed E-state index contributed by atoms with van der Waals surface area (Å²) < 4.78 is 31.4. The maximum Gasteiger partial charge on any atom is 0.323 e. The number of esters is 1. The molecule has 1 aromatic carbocycles. The van der Waals surface area contributed by atoms with Gasteiger partial charge in [0.1, 0.15) is 17.7 Å². The molecule has 0 heterocycles. The van der Waals surface area contributed by atoms with Crippen LogP contribution in [0.2, 0.25) is 0 Å². The van der Waals surface area contributed by atoms with Crippen LogP contribution >= 0.6 is 0 Å². The molecule has 0 saturated heterocycles. The largest absolute Gasteiger partial charge is 0.465 e. The van der Waals surface area contributed by atoms with E-state index >= 15 is 0 Å². The van der Waals surface area contributed by atoms with Crippen molar-refractivity contribution in [2.75, 3.05) is 6.61 Å². The van der Waals surface area contributed by atoms with Gasteiger partial charge in [-0.2, -0.15) is 0 Å². The fourth-order valence-electron chi connectivity index (χ4n) is 1.75. The molecule has 1 rings (SSSR count). The summed E-state index contributed by atoms with van der Waals surface area (Å²) in [5, 5.41) is 2.91. The standard InChI is InChI=1S/C14H19F2NO2/c1-3-5-13(14(18)19-4-2)17-9-10-8-11(15)6-7-12(10)16/h6-8,13,17H,3-5,9H2,1-2H3. The van der Waals surface area contributed by atoms with Crippen LogP contribution in [0.3, 0.4) is 0 Å². The first-order chi connectivity index (χ1) is 9.08. The Morgan fingerprint density at radius 3 is 2.74 bits per heavy atom. The van der Waals surface area contributed by atoms with E-state index in [1.807, 2.05) is 6.92 Å². The quantitative estimate of drug-likeness (QED) is 0.775. The lowest BCUT2D eigenvalue weighted by Crippen LogP contribution is -2.37. The summed E-state index contributed by atoms with van der Waals surface area (Å²) in [6.45, 7) is 4.06. The lowest BCUT2D eigenvalue weighted by atomic mass is 10.1. The molecular formula is C14H19F2NO2. The average Bonchev–Trinajstić information content (AvgIpc) is 2.38. The Morgan fingerprint density at radius 1 is 1.37 bits per heavy atom. The zero-order valence-electron chi connectivity index (χ0n) is 11.2. The Labute approximate surface area is 112 Å². The van der Waals surface area contributed by atoms with E-state index in [0.717, 1.165) is 24.6 Å². The molecule has 5 heteroatoms. The highest BCUT2D eigenvalue weighted by Crippen LogP contribution is 2.10.